The van der Waals surface area contributed by atoms with Crippen molar-refractivity contribution in [2.24, 2.45) is 0 Å². The Kier molecular flexibility index (Phi) is 5.75. The van der Waals surface area contributed by atoms with Crippen molar-refractivity contribution in [1.29, 1.82) is 0 Å². The van der Waals surface area contributed by atoms with E-state index in [9.17, 15) is 18.8 Å². The topological polar surface area (TPSA) is 111 Å². The molecule has 3 rings (SSSR count). The summed E-state index contributed by atoms with van der Waals surface area (Å²) >= 11 is 0. The molecule has 1 heterocycles. The molecule has 1 aromatic heterocycles. The van der Waals surface area contributed by atoms with Crippen molar-refractivity contribution >= 4 is 28.3 Å². The van der Waals surface area contributed by atoms with Crippen molar-refractivity contribution in [3.8, 4) is 0 Å². The van der Waals surface area contributed by atoms with Crippen LogP contribution < -0.4 is 10.9 Å². The highest BCUT2D eigenvalue weighted by Gasteiger charge is 2.19. The molecule has 2 aromatic carbocycles. The molecule has 0 spiro atoms. The summed E-state index contributed by atoms with van der Waals surface area (Å²) in [5.74, 6) is -2.27. The molecule has 0 aliphatic heterocycles. The molecule has 0 atom stereocenters. The Labute approximate surface area is 158 Å². The van der Waals surface area contributed by atoms with Crippen molar-refractivity contribution in [1.82, 2.24) is 9.78 Å². The maximum absolute atomic E-state index is 13.6. The number of hydrogen-bond acceptors (Lipinski definition) is 6. The van der Waals surface area contributed by atoms with Crippen LogP contribution in [0.3, 0.4) is 0 Å². The highest BCUT2D eigenvalue weighted by Crippen LogP contribution is 2.15. The van der Waals surface area contributed by atoms with Crippen LogP contribution in [0.5, 0.6) is 0 Å². The van der Waals surface area contributed by atoms with Crippen molar-refractivity contribution in [3.63, 3.8) is 0 Å². The van der Waals surface area contributed by atoms with Crippen molar-refractivity contribution in [2.75, 3.05) is 18.5 Å². The lowest BCUT2D eigenvalue weighted by molar-refractivity contribution is -0.119. The molecular weight excluding hydrogens is 369 g/mol. The Bertz CT molecular complexity index is 1100. The highest BCUT2D eigenvalue weighted by atomic mass is 19.1. The van der Waals surface area contributed by atoms with E-state index in [0.717, 1.165) is 4.68 Å². The molecule has 0 bridgehead atoms. The zero-order valence-corrected chi connectivity index (χ0v) is 14.6. The lowest BCUT2D eigenvalue weighted by atomic mass is 10.1. The largest absolute Gasteiger partial charge is 0.451 e. The van der Waals surface area contributed by atoms with E-state index >= 15 is 0 Å². The van der Waals surface area contributed by atoms with E-state index in [1.165, 1.54) is 30.3 Å². The first-order valence-electron chi connectivity index (χ1n) is 8.33. The smallest absolute Gasteiger partial charge is 0.359 e. The Morgan fingerprint density at radius 2 is 1.79 bits per heavy atom. The van der Waals surface area contributed by atoms with E-state index in [4.69, 9.17) is 9.84 Å². The average molecular weight is 385 g/mol. The molecular formula is C19H16FN3O5. The van der Waals surface area contributed by atoms with Gasteiger partial charge in [-0.25, -0.2) is 13.9 Å². The van der Waals surface area contributed by atoms with Gasteiger partial charge < -0.3 is 15.2 Å². The lowest BCUT2D eigenvalue weighted by Crippen LogP contribution is -2.28. The number of anilines is 1. The number of aliphatic hydroxyl groups is 1. The number of carbonyl (C=O) groups is 2. The van der Waals surface area contributed by atoms with Gasteiger partial charge in [-0.15, -0.1) is 0 Å². The first-order chi connectivity index (χ1) is 13.5. The van der Waals surface area contributed by atoms with Crippen LogP contribution in [0.2, 0.25) is 0 Å². The zero-order valence-electron chi connectivity index (χ0n) is 14.6. The maximum atomic E-state index is 13.6. The number of rotatable bonds is 6. The third kappa shape index (κ3) is 4.04. The summed E-state index contributed by atoms with van der Waals surface area (Å²) in [4.78, 5) is 36.7. The molecule has 9 heteroatoms. The Balaban J connectivity index is 1.80. The van der Waals surface area contributed by atoms with Gasteiger partial charge in [-0.1, -0.05) is 30.3 Å². The summed E-state index contributed by atoms with van der Waals surface area (Å²) < 4.78 is 19.5. The fourth-order valence-electron chi connectivity index (χ4n) is 2.58. The quantitative estimate of drug-likeness (QED) is 0.620. The second kappa shape index (κ2) is 8.40. The number of benzene rings is 2. The molecule has 144 valence electrons. The molecule has 0 radical (unpaired) electrons. The van der Waals surface area contributed by atoms with Crippen molar-refractivity contribution < 1.29 is 23.8 Å². The molecule has 1 amide bonds. The molecule has 0 saturated carbocycles. The number of para-hydroxylation sites is 1. The third-order valence-corrected chi connectivity index (χ3v) is 3.86. The number of nitrogens with one attached hydrogen (secondary N) is 1. The van der Waals surface area contributed by atoms with Gasteiger partial charge in [0.2, 0.25) is 0 Å². The van der Waals surface area contributed by atoms with E-state index in [0.29, 0.717) is 0 Å². The summed E-state index contributed by atoms with van der Waals surface area (Å²) in [7, 11) is 0. The number of amides is 1. The predicted octanol–water partition coefficient (Wildman–Crippen LogP) is 1.32. The maximum Gasteiger partial charge on any atom is 0.359 e. The van der Waals surface area contributed by atoms with Crippen LogP contribution in [0.4, 0.5) is 10.1 Å². The van der Waals surface area contributed by atoms with E-state index in [-0.39, 0.29) is 35.3 Å². The number of carbonyl (C=O) groups excluding carboxylic acids is 2. The minimum Gasteiger partial charge on any atom is -0.451 e. The minimum atomic E-state index is -0.924. The number of ether oxygens (including phenoxy) is 1. The van der Waals surface area contributed by atoms with Gasteiger partial charge in [-0.2, -0.15) is 5.10 Å². The molecule has 3 aromatic rings. The number of fused-ring (bicyclic) bond motifs is 1. The van der Waals surface area contributed by atoms with Gasteiger partial charge in [0.1, 0.15) is 5.82 Å². The molecule has 0 fully saturated rings. The fourth-order valence-corrected chi connectivity index (χ4v) is 2.58. The van der Waals surface area contributed by atoms with Crippen molar-refractivity contribution in [2.45, 2.75) is 6.54 Å². The summed E-state index contributed by atoms with van der Waals surface area (Å²) in [6, 6.07) is 11.9. The van der Waals surface area contributed by atoms with Gasteiger partial charge >= 0.3 is 5.97 Å². The van der Waals surface area contributed by atoms with Crippen LogP contribution in [0.15, 0.2) is 53.3 Å². The van der Waals surface area contributed by atoms with Gasteiger partial charge in [0.25, 0.3) is 11.5 Å². The van der Waals surface area contributed by atoms with Crippen LogP contribution >= 0.6 is 0 Å². The first-order valence-corrected chi connectivity index (χ1v) is 8.33. The molecule has 0 aliphatic rings. The zero-order chi connectivity index (χ0) is 20.1. The van der Waals surface area contributed by atoms with E-state index in [2.05, 4.69) is 10.4 Å². The Morgan fingerprint density at radius 3 is 2.50 bits per heavy atom. The number of aromatic nitrogens is 2. The summed E-state index contributed by atoms with van der Waals surface area (Å²) in [5, 5.41) is 15.8. The molecule has 0 saturated heterocycles. The number of halogens is 1. The number of hydrogen-bond donors (Lipinski definition) is 2. The molecule has 0 unspecified atom stereocenters. The van der Waals surface area contributed by atoms with E-state index < -0.39 is 29.9 Å². The summed E-state index contributed by atoms with van der Waals surface area (Å²) in [6.45, 7) is -1.11. The third-order valence-electron chi connectivity index (χ3n) is 3.86. The Morgan fingerprint density at radius 1 is 1.11 bits per heavy atom. The standard InChI is InChI=1S/C19H16FN3O5/c20-14-7-3-4-8-15(14)21-16(25)11-28-19(27)17-12-5-1-2-6-13(12)18(26)23(22-17)9-10-24/h1-8,24H,9-11H2,(H,21,25). The molecule has 28 heavy (non-hydrogen) atoms. The van der Waals surface area contributed by atoms with Gasteiger partial charge in [0.05, 0.1) is 24.2 Å². The van der Waals surface area contributed by atoms with Gasteiger partial charge in [-0.3, -0.25) is 9.59 Å². The number of nitrogens with zero attached hydrogens (tertiary/aromatic N) is 2. The average Bonchev–Trinajstić information content (AvgIpc) is 2.70. The van der Waals surface area contributed by atoms with Crippen LogP contribution in [0.1, 0.15) is 10.5 Å². The normalized spacial score (nSPS) is 10.6. The Hall–Kier alpha value is -3.59. The van der Waals surface area contributed by atoms with Crippen LogP contribution in [0, 0.1) is 5.82 Å². The minimum absolute atomic E-state index is 0.0383. The van der Waals surface area contributed by atoms with Gasteiger partial charge in [-0.05, 0) is 18.2 Å². The predicted molar refractivity (Wildman–Crippen MR) is 98.4 cm³/mol. The highest BCUT2D eigenvalue weighted by molar-refractivity contribution is 6.03. The second-order valence-corrected chi connectivity index (χ2v) is 5.75. The number of esters is 1. The van der Waals surface area contributed by atoms with Crippen LogP contribution in [-0.2, 0) is 16.1 Å². The van der Waals surface area contributed by atoms with Gasteiger partial charge in [0, 0.05) is 5.39 Å². The molecule has 8 nitrogen and oxygen atoms in total. The number of aliphatic hydroxyl groups excluding tert-OH is 1. The SMILES string of the molecule is O=C(COC(=O)c1nn(CCO)c(=O)c2ccccc12)Nc1ccccc1F. The van der Waals surface area contributed by atoms with Crippen LogP contribution in [0.25, 0.3) is 10.8 Å². The van der Waals surface area contributed by atoms with E-state index in [1.807, 2.05) is 0 Å². The molecule has 0 aliphatic carbocycles. The van der Waals surface area contributed by atoms with Crippen LogP contribution in [-0.4, -0.2) is 40.0 Å². The lowest BCUT2D eigenvalue weighted by Gasteiger charge is -2.10. The summed E-state index contributed by atoms with van der Waals surface area (Å²) in [6.07, 6.45) is 0. The molecule has 2 N–H and O–H groups in total. The first kappa shape index (κ1) is 19.2. The summed E-state index contributed by atoms with van der Waals surface area (Å²) in [5.41, 5.74) is -0.663. The monoisotopic (exact) mass is 385 g/mol. The second-order valence-electron chi connectivity index (χ2n) is 5.75. The fraction of sp³-hybridized carbons (Fsp3) is 0.158. The van der Waals surface area contributed by atoms with E-state index in [1.54, 1.807) is 18.2 Å². The van der Waals surface area contributed by atoms with Gasteiger partial charge in [0.15, 0.2) is 12.3 Å². The van der Waals surface area contributed by atoms with Crippen molar-refractivity contribution in [3.05, 3.63) is 70.4 Å².